The average Bonchev–Trinajstić information content (AvgIpc) is 2.44. The number of benzene rings is 1. The largest absolute Gasteiger partial charge is 0.398 e. The van der Waals surface area contributed by atoms with E-state index in [2.05, 4.69) is 9.71 Å². The van der Waals surface area contributed by atoms with Crippen molar-refractivity contribution in [1.29, 1.82) is 0 Å². The van der Waals surface area contributed by atoms with E-state index in [1.54, 1.807) is 24.4 Å². The Balaban J connectivity index is 2.26. The summed E-state index contributed by atoms with van der Waals surface area (Å²) in [6, 6.07) is 6.60. The third-order valence-corrected chi connectivity index (χ3v) is 4.62. The standard InChI is InChI=1S/C14H20N4O2S/c1-18(2)10-4-9-17-21(19,20)13-7-6-12(15)11-5-3-8-16-14(11)13/h3,5-8,17H,4,9-10,15H2,1-2H3. The summed E-state index contributed by atoms with van der Waals surface area (Å²) < 4.78 is 27.4. The molecule has 3 N–H and O–H groups in total. The molecule has 2 aromatic rings. The lowest BCUT2D eigenvalue weighted by Gasteiger charge is -2.12. The zero-order valence-electron chi connectivity index (χ0n) is 12.2. The van der Waals surface area contributed by atoms with Crippen LogP contribution in [0, 0.1) is 0 Å². The molecule has 0 bridgehead atoms. The fourth-order valence-electron chi connectivity index (χ4n) is 2.07. The third kappa shape index (κ3) is 3.69. The number of nitrogen functional groups attached to an aromatic ring is 1. The highest BCUT2D eigenvalue weighted by atomic mass is 32.2. The molecule has 0 amide bonds. The van der Waals surface area contributed by atoms with Crippen molar-refractivity contribution in [3.8, 4) is 0 Å². The van der Waals surface area contributed by atoms with Gasteiger partial charge in [-0.25, -0.2) is 13.1 Å². The molecule has 0 atom stereocenters. The molecule has 0 radical (unpaired) electrons. The molecule has 0 unspecified atom stereocenters. The Morgan fingerprint density at radius 2 is 2.05 bits per heavy atom. The summed E-state index contributed by atoms with van der Waals surface area (Å²) in [6.45, 7) is 1.21. The highest BCUT2D eigenvalue weighted by Gasteiger charge is 2.18. The van der Waals surface area contributed by atoms with Gasteiger partial charge in [0.2, 0.25) is 10.0 Å². The summed E-state index contributed by atoms with van der Waals surface area (Å²) in [4.78, 5) is 6.33. The number of nitrogens with one attached hydrogen (secondary N) is 1. The number of anilines is 1. The second kappa shape index (κ2) is 6.38. The van der Waals surface area contributed by atoms with Gasteiger partial charge in [0, 0.05) is 23.8 Å². The first-order valence-corrected chi connectivity index (χ1v) is 8.18. The van der Waals surface area contributed by atoms with Crippen LogP contribution in [-0.2, 0) is 10.0 Å². The summed E-state index contributed by atoms with van der Waals surface area (Å²) in [5, 5.41) is 0.647. The summed E-state index contributed by atoms with van der Waals surface area (Å²) in [6.07, 6.45) is 2.30. The fourth-order valence-corrected chi connectivity index (χ4v) is 3.30. The van der Waals surface area contributed by atoms with E-state index in [4.69, 9.17) is 5.73 Å². The molecule has 2 rings (SSSR count). The van der Waals surface area contributed by atoms with Crippen LogP contribution in [0.5, 0.6) is 0 Å². The van der Waals surface area contributed by atoms with E-state index < -0.39 is 10.0 Å². The Bertz CT molecular complexity index is 729. The highest BCUT2D eigenvalue weighted by molar-refractivity contribution is 7.89. The van der Waals surface area contributed by atoms with Gasteiger partial charge in [-0.15, -0.1) is 0 Å². The normalized spacial score (nSPS) is 12.1. The SMILES string of the molecule is CN(C)CCCNS(=O)(=O)c1ccc(N)c2cccnc12. The Morgan fingerprint density at radius 3 is 2.76 bits per heavy atom. The number of nitrogens with zero attached hydrogens (tertiary/aromatic N) is 2. The summed E-state index contributed by atoms with van der Waals surface area (Å²) >= 11 is 0. The van der Waals surface area contributed by atoms with E-state index in [9.17, 15) is 8.42 Å². The van der Waals surface area contributed by atoms with Gasteiger partial charge in [0.15, 0.2) is 0 Å². The molecule has 114 valence electrons. The summed E-state index contributed by atoms with van der Waals surface area (Å²) in [5.41, 5.74) is 6.78. The Hall–Kier alpha value is -1.70. The fraction of sp³-hybridized carbons (Fsp3) is 0.357. The van der Waals surface area contributed by atoms with Gasteiger partial charge in [-0.2, -0.15) is 0 Å². The summed E-state index contributed by atoms with van der Waals surface area (Å²) in [5.74, 6) is 0. The van der Waals surface area contributed by atoms with Crippen molar-refractivity contribution in [2.45, 2.75) is 11.3 Å². The van der Waals surface area contributed by atoms with Crippen molar-refractivity contribution in [3.63, 3.8) is 0 Å². The van der Waals surface area contributed by atoms with E-state index in [0.29, 0.717) is 23.1 Å². The van der Waals surface area contributed by atoms with Crippen LogP contribution in [0.2, 0.25) is 0 Å². The molecule has 21 heavy (non-hydrogen) atoms. The van der Waals surface area contributed by atoms with Crippen LogP contribution in [0.25, 0.3) is 10.9 Å². The van der Waals surface area contributed by atoms with Crippen LogP contribution in [0.4, 0.5) is 5.69 Å². The van der Waals surface area contributed by atoms with Crippen molar-refractivity contribution in [3.05, 3.63) is 30.5 Å². The molecule has 1 aromatic heterocycles. The van der Waals surface area contributed by atoms with Crippen LogP contribution >= 0.6 is 0 Å². The second-order valence-corrected chi connectivity index (χ2v) is 6.84. The molecule has 0 spiro atoms. The van der Waals surface area contributed by atoms with Gasteiger partial charge >= 0.3 is 0 Å². The van der Waals surface area contributed by atoms with Crippen molar-refractivity contribution < 1.29 is 8.42 Å². The van der Waals surface area contributed by atoms with Gasteiger partial charge in [0.25, 0.3) is 0 Å². The molecular weight excluding hydrogens is 288 g/mol. The Kier molecular flexibility index (Phi) is 4.76. The lowest BCUT2D eigenvalue weighted by atomic mass is 10.2. The van der Waals surface area contributed by atoms with Gasteiger partial charge in [0.1, 0.15) is 4.90 Å². The zero-order valence-corrected chi connectivity index (χ0v) is 13.0. The lowest BCUT2D eigenvalue weighted by Crippen LogP contribution is -2.27. The van der Waals surface area contributed by atoms with Crippen molar-refractivity contribution in [1.82, 2.24) is 14.6 Å². The van der Waals surface area contributed by atoms with E-state index in [1.807, 2.05) is 19.0 Å². The first-order valence-electron chi connectivity index (χ1n) is 6.69. The minimum Gasteiger partial charge on any atom is -0.398 e. The number of hydrogen-bond donors (Lipinski definition) is 2. The number of rotatable bonds is 6. The molecule has 0 aliphatic heterocycles. The first kappa shape index (κ1) is 15.7. The van der Waals surface area contributed by atoms with Crippen LogP contribution < -0.4 is 10.5 Å². The maximum absolute atomic E-state index is 12.4. The van der Waals surface area contributed by atoms with Crippen molar-refractivity contribution in [2.24, 2.45) is 0 Å². The van der Waals surface area contributed by atoms with Crippen LogP contribution in [0.1, 0.15) is 6.42 Å². The number of nitrogens with two attached hydrogens (primary N) is 1. The number of sulfonamides is 1. The zero-order chi connectivity index (χ0) is 15.5. The van der Waals surface area contributed by atoms with Gasteiger partial charge in [-0.05, 0) is 51.3 Å². The number of hydrogen-bond acceptors (Lipinski definition) is 5. The van der Waals surface area contributed by atoms with E-state index >= 15 is 0 Å². The first-order chi connectivity index (χ1) is 9.92. The molecule has 0 fully saturated rings. The summed E-state index contributed by atoms with van der Waals surface area (Å²) in [7, 11) is 0.312. The third-order valence-electron chi connectivity index (χ3n) is 3.13. The molecule has 0 aliphatic rings. The van der Waals surface area contributed by atoms with Crippen molar-refractivity contribution in [2.75, 3.05) is 32.9 Å². The molecule has 0 saturated carbocycles. The van der Waals surface area contributed by atoms with E-state index in [0.717, 1.165) is 13.0 Å². The Morgan fingerprint density at radius 1 is 1.29 bits per heavy atom. The molecular formula is C14H20N4O2S. The van der Waals surface area contributed by atoms with Gasteiger partial charge in [-0.3, -0.25) is 4.98 Å². The molecule has 0 saturated heterocycles. The van der Waals surface area contributed by atoms with Gasteiger partial charge < -0.3 is 10.6 Å². The molecule has 0 aliphatic carbocycles. The Labute approximate surface area is 125 Å². The topological polar surface area (TPSA) is 88.3 Å². The maximum Gasteiger partial charge on any atom is 0.242 e. The molecule has 6 nitrogen and oxygen atoms in total. The van der Waals surface area contributed by atoms with E-state index in [-0.39, 0.29) is 4.90 Å². The average molecular weight is 308 g/mol. The quantitative estimate of drug-likeness (QED) is 0.615. The van der Waals surface area contributed by atoms with Crippen LogP contribution in [0.15, 0.2) is 35.4 Å². The predicted molar refractivity (Wildman–Crippen MR) is 84.5 cm³/mol. The number of aromatic nitrogens is 1. The highest BCUT2D eigenvalue weighted by Crippen LogP contribution is 2.25. The van der Waals surface area contributed by atoms with Crippen LogP contribution in [-0.4, -0.2) is 45.5 Å². The maximum atomic E-state index is 12.4. The van der Waals surface area contributed by atoms with E-state index in [1.165, 1.54) is 6.07 Å². The van der Waals surface area contributed by atoms with Crippen LogP contribution in [0.3, 0.4) is 0 Å². The molecule has 1 heterocycles. The number of fused-ring (bicyclic) bond motifs is 1. The minimum atomic E-state index is -3.59. The minimum absolute atomic E-state index is 0.164. The second-order valence-electron chi connectivity index (χ2n) is 5.11. The lowest BCUT2D eigenvalue weighted by molar-refractivity contribution is 0.400. The molecule has 7 heteroatoms. The van der Waals surface area contributed by atoms with Crippen molar-refractivity contribution >= 4 is 26.6 Å². The molecule has 1 aromatic carbocycles. The van der Waals surface area contributed by atoms with Gasteiger partial charge in [-0.1, -0.05) is 0 Å². The number of pyridine rings is 1. The monoisotopic (exact) mass is 308 g/mol. The smallest absolute Gasteiger partial charge is 0.242 e. The van der Waals surface area contributed by atoms with Gasteiger partial charge in [0.05, 0.1) is 5.52 Å². The predicted octanol–water partition coefficient (Wildman–Crippen LogP) is 1.05.